The molecule has 0 radical (unpaired) electrons. The minimum absolute atomic E-state index is 0.236. The molecule has 1 aromatic heterocycles. The fourth-order valence-electron chi connectivity index (χ4n) is 4.53. The largest absolute Gasteiger partial charge is 0.324 e. The minimum atomic E-state index is -3.92. The van der Waals surface area contributed by atoms with Crippen LogP contribution in [-0.4, -0.2) is 28.7 Å². The van der Waals surface area contributed by atoms with Crippen LogP contribution in [0.15, 0.2) is 83.5 Å². The Balaban J connectivity index is 1.36. The van der Waals surface area contributed by atoms with Crippen LogP contribution in [0.1, 0.15) is 34.6 Å². The van der Waals surface area contributed by atoms with E-state index in [1.165, 1.54) is 11.1 Å². The molecule has 4 aromatic rings. The first-order chi connectivity index (χ1) is 16.9. The van der Waals surface area contributed by atoms with Gasteiger partial charge in [-0.2, -0.15) is 8.42 Å². The molecule has 3 aromatic carbocycles. The van der Waals surface area contributed by atoms with E-state index >= 15 is 0 Å². The van der Waals surface area contributed by atoms with E-state index in [1.807, 2.05) is 36.5 Å². The Morgan fingerprint density at radius 2 is 1.74 bits per heavy atom. The molecule has 0 saturated heterocycles. The van der Waals surface area contributed by atoms with Gasteiger partial charge in [0.15, 0.2) is 0 Å². The summed E-state index contributed by atoms with van der Waals surface area (Å²) in [6.07, 6.45) is 3.70. The Morgan fingerprint density at radius 1 is 1.00 bits per heavy atom. The Morgan fingerprint density at radius 3 is 2.49 bits per heavy atom. The highest BCUT2D eigenvalue weighted by Gasteiger charge is 2.27. The summed E-state index contributed by atoms with van der Waals surface area (Å²) >= 11 is 3.53. The number of aromatic nitrogens is 2. The first-order valence-electron chi connectivity index (χ1n) is 11.4. The second-order valence-corrected chi connectivity index (χ2v) is 11.2. The molecule has 5 rings (SSSR count). The van der Waals surface area contributed by atoms with Gasteiger partial charge in [0.1, 0.15) is 0 Å². The van der Waals surface area contributed by atoms with E-state index in [0.717, 1.165) is 39.0 Å². The van der Waals surface area contributed by atoms with Crippen molar-refractivity contribution in [3.63, 3.8) is 0 Å². The summed E-state index contributed by atoms with van der Waals surface area (Å²) in [5.41, 5.74) is 7.58. The van der Waals surface area contributed by atoms with Crippen LogP contribution in [0.5, 0.6) is 0 Å². The number of aryl methyl sites for hydroxylation is 1. The zero-order valence-electron chi connectivity index (χ0n) is 18.9. The molecule has 0 aliphatic heterocycles. The van der Waals surface area contributed by atoms with Gasteiger partial charge >= 0.3 is 0 Å². The predicted molar refractivity (Wildman–Crippen MR) is 142 cm³/mol. The van der Waals surface area contributed by atoms with Crippen LogP contribution in [0.25, 0.3) is 11.3 Å². The van der Waals surface area contributed by atoms with Crippen molar-refractivity contribution in [2.75, 3.05) is 11.1 Å². The molecule has 0 unspecified atom stereocenters. The van der Waals surface area contributed by atoms with Crippen molar-refractivity contribution in [3.05, 3.63) is 106 Å². The lowest BCUT2D eigenvalue weighted by molar-refractivity contribution is 0.481. The average Bonchev–Trinajstić information content (AvgIpc) is 2.85. The van der Waals surface area contributed by atoms with Gasteiger partial charge in [0.2, 0.25) is 5.95 Å². The van der Waals surface area contributed by atoms with Crippen LogP contribution >= 0.6 is 15.9 Å². The normalized spacial score (nSPS) is 14.7. The zero-order valence-corrected chi connectivity index (χ0v) is 21.3. The maximum Gasteiger partial charge on any atom is 0.264 e. The third kappa shape index (κ3) is 5.61. The minimum Gasteiger partial charge on any atom is -0.324 e. The number of rotatable bonds is 7. The molecule has 0 amide bonds. The molecule has 35 heavy (non-hydrogen) atoms. The van der Waals surface area contributed by atoms with Crippen molar-refractivity contribution in [1.29, 1.82) is 0 Å². The van der Waals surface area contributed by atoms with Crippen molar-refractivity contribution < 1.29 is 13.0 Å². The summed E-state index contributed by atoms with van der Waals surface area (Å²) < 4.78 is 31.7. The average molecular weight is 550 g/mol. The predicted octanol–water partition coefficient (Wildman–Crippen LogP) is 6.16. The molecule has 0 spiro atoms. The van der Waals surface area contributed by atoms with E-state index < -0.39 is 10.1 Å². The number of benzene rings is 3. The Labute approximate surface area is 213 Å². The first-order valence-corrected chi connectivity index (χ1v) is 13.8. The maximum absolute atomic E-state index is 10.9. The van der Waals surface area contributed by atoms with E-state index in [9.17, 15) is 8.42 Å². The van der Waals surface area contributed by atoms with Gasteiger partial charge in [0, 0.05) is 27.8 Å². The van der Waals surface area contributed by atoms with Crippen LogP contribution in [0.3, 0.4) is 0 Å². The fraction of sp³-hybridized carbons (Fsp3) is 0.185. The number of hydrogen-bond donors (Lipinski definition) is 2. The second kappa shape index (κ2) is 9.89. The van der Waals surface area contributed by atoms with Crippen LogP contribution in [0, 0.1) is 0 Å². The lowest BCUT2D eigenvalue weighted by Gasteiger charge is -2.27. The molecule has 6 nitrogen and oxygen atoms in total. The van der Waals surface area contributed by atoms with Gasteiger partial charge in [-0.05, 0) is 65.8 Å². The molecular formula is C27H24BrN3O3S. The number of nitrogens with zero attached hydrogens (tertiary/aromatic N) is 2. The molecule has 0 saturated carbocycles. The summed E-state index contributed by atoms with van der Waals surface area (Å²) in [5, 5.41) is 3.28. The second-order valence-electron chi connectivity index (χ2n) is 8.67. The summed E-state index contributed by atoms with van der Waals surface area (Å²) in [5.74, 6) is 0.544. The molecule has 1 atom stereocenters. The van der Waals surface area contributed by atoms with Crippen molar-refractivity contribution in [3.8, 4) is 11.3 Å². The molecule has 1 aliphatic carbocycles. The highest BCUT2D eigenvalue weighted by atomic mass is 79.9. The van der Waals surface area contributed by atoms with E-state index in [1.54, 1.807) is 0 Å². The molecular weight excluding hydrogens is 526 g/mol. The molecule has 2 N–H and O–H groups in total. The van der Waals surface area contributed by atoms with Crippen molar-refractivity contribution in [1.82, 2.24) is 9.97 Å². The highest BCUT2D eigenvalue weighted by Crippen LogP contribution is 2.42. The van der Waals surface area contributed by atoms with Gasteiger partial charge in [-0.25, -0.2) is 9.97 Å². The van der Waals surface area contributed by atoms with Gasteiger partial charge in [-0.15, -0.1) is 0 Å². The Hall–Kier alpha value is -3.07. The molecule has 8 heteroatoms. The Kier molecular flexibility index (Phi) is 6.69. The smallest absolute Gasteiger partial charge is 0.264 e. The van der Waals surface area contributed by atoms with Gasteiger partial charge in [-0.3, -0.25) is 4.55 Å². The summed E-state index contributed by atoms with van der Waals surface area (Å²) in [7, 11) is -3.92. The van der Waals surface area contributed by atoms with Gasteiger partial charge in [0.05, 0.1) is 11.4 Å². The molecule has 0 fully saturated rings. The number of anilines is 2. The molecule has 0 bridgehead atoms. The van der Waals surface area contributed by atoms with Crippen molar-refractivity contribution in [2.24, 2.45) is 0 Å². The number of nitrogens with one attached hydrogen (secondary N) is 1. The fourth-order valence-corrected chi connectivity index (χ4v) is 5.30. The lowest BCUT2D eigenvalue weighted by atomic mass is 9.78. The van der Waals surface area contributed by atoms with Crippen molar-refractivity contribution >= 4 is 37.7 Å². The monoisotopic (exact) mass is 549 g/mol. The van der Waals surface area contributed by atoms with Crippen LogP contribution in [-0.2, 0) is 23.0 Å². The van der Waals surface area contributed by atoms with Gasteiger partial charge in [0.25, 0.3) is 10.1 Å². The van der Waals surface area contributed by atoms with Crippen LogP contribution in [0.2, 0.25) is 0 Å². The van der Waals surface area contributed by atoms with Gasteiger partial charge in [-0.1, -0.05) is 64.5 Å². The SMILES string of the molecule is O=S(=O)(O)CCCc1ccc(Nc2ncc3c(n2)-c2ccccc2[C@@H](c2ccc(Br)cc2)C3)cc1. The van der Waals surface area contributed by atoms with Crippen LogP contribution < -0.4 is 5.32 Å². The lowest BCUT2D eigenvalue weighted by Crippen LogP contribution is -2.15. The highest BCUT2D eigenvalue weighted by molar-refractivity contribution is 9.10. The van der Waals surface area contributed by atoms with E-state index in [-0.39, 0.29) is 11.7 Å². The number of hydrogen-bond acceptors (Lipinski definition) is 5. The zero-order chi connectivity index (χ0) is 24.4. The van der Waals surface area contributed by atoms with Gasteiger partial charge < -0.3 is 5.32 Å². The Bertz CT molecular complexity index is 1460. The van der Waals surface area contributed by atoms with E-state index in [0.29, 0.717) is 18.8 Å². The first kappa shape index (κ1) is 23.7. The molecule has 1 aliphatic rings. The van der Waals surface area contributed by atoms with E-state index in [2.05, 4.69) is 68.7 Å². The summed E-state index contributed by atoms with van der Waals surface area (Å²) in [4.78, 5) is 9.44. The molecule has 178 valence electrons. The number of halogens is 1. The van der Waals surface area contributed by atoms with Crippen molar-refractivity contribution in [2.45, 2.75) is 25.2 Å². The maximum atomic E-state index is 10.9. The third-order valence-electron chi connectivity index (χ3n) is 6.23. The third-order valence-corrected chi connectivity index (χ3v) is 7.56. The quantitative estimate of drug-likeness (QED) is 0.268. The summed E-state index contributed by atoms with van der Waals surface area (Å²) in [6, 6.07) is 24.6. The summed E-state index contributed by atoms with van der Waals surface area (Å²) in [6.45, 7) is 0. The number of fused-ring (bicyclic) bond motifs is 3. The standard InChI is InChI=1S/C27H24BrN3O3S/c28-21-11-9-19(10-12-21)25-16-20-17-29-27(31-26(20)24-6-2-1-5-23(24)25)30-22-13-7-18(8-14-22)4-3-15-35(32,33)34/h1-2,5-14,17,25H,3-4,15-16H2,(H,29,30,31)(H,32,33,34)/t25-/m1/s1. The molecule has 1 heterocycles. The van der Waals surface area contributed by atoms with Crippen LogP contribution in [0.4, 0.5) is 11.6 Å². The van der Waals surface area contributed by atoms with E-state index in [4.69, 9.17) is 9.54 Å². The topological polar surface area (TPSA) is 92.2 Å².